The highest BCUT2D eigenvalue weighted by Crippen LogP contribution is 2.28. The van der Waals surface area contributed by atoms with Crippen LogP contribution in [-0.4, -0.2) is 24.7 Å². The summed E-state index contributed by atoms with van der Waals surface area (Å²) in [6, 6.07) is 2.40. The van der Waals surface area contributed by atoms with Crippen molar-refractivity contribution in [2.75, 3.05) is 0 Å². The van der Waals surface area contributed by atoms with Crippen LogP contribution in [0, 0.1) is 0 Å². The molecule has 3 aromatic rings. The Kier molecular flexibility index (Phi) is 4.32. The number of imidazole rings is 1. The molecule has 0 amide bonds. The van der Waals surface area contributed by atoms with Gasteiger partial charge in [-0.15, -0.1) is 0 Å². The van der Waals surface area contributed by atoms with E-state index < -0.39 is 11.7 Å². The van der Waals surface area contributed by atoms with E-state index in [1.165, 1.54) is 6.07 Å². The third-order valence-electron chi connectivity index (χ3n) is 3.51. The highest BCUT2D eigenvalue weighted by molar-refractivity contribution is 5.18. The SMILES string of the molecule is CC(Cc1nc(Cc2ccc(C(F)(F)F)cn2)no1)n1ccnc1. The van der Waals surface area contributed by atoms with Crippen LogP contribution in [0.4, 0.5) is 13.2 Å². The molecule has 0 saturated heterocycles. The van der Waals surface area contributed by atoms with Crippen LogP contribution in [-0.2, 0) is 19.0 Å². The number of hydrogen-bond acceptors (Lipinski definition) is 5. The van der Waals surface area contributed by atoms with Crippen LogP contribution in [0.3, 0.4) is 0 Å². The Morgan fingerprint density at radius 2 is 2.12 bits per heavy atom. The van der Waals surface area contributed by atoms with Gasteiger partial charge in [-0.2, -0.15) is 18.2 Å². The second kappa shape index (κ2) is 6.42. The minimum absolute atomic E-state index is 0.102. The van der Waals surface area contributed by atoms with Crippen LogP contribution in [0.5, 0.6) is 0 Å². The summed E-state index contributed by atoms with van der Waals surface area (Å²) in [7, 11) is 0. The van der Waals surface area contributed by atoms with Gasteiger partial charge in [-0.1, -0.05) is 5.16 Å². The van der Waals surface area contributed by atoms with E-state index in [2.05, 4.69) is 20.1 Å². The Bertz CT molecular complexity index is 780. The quantitative estimate of drug-likeness (QED) is 0.716. The van der Waals surface area contributed by atoms with Crippen molar-refractivity contribution < 1.29 is 17.7 Å². The van der Waals surface area contributed by atoms with Crippen LogP contribution in [0.2, 0.25) is 0 Å². The molecule has 1 unspecified atom stereocenters. The Labute approximate surface area is 135 Å². The molecule has 0 spiro atoms. The second-order valence-electron chi connectivity index (χ2n) is 5.38. The van der Waals surface area contributed by atoms with Crippen molar-refractivity contribution in [2.45, 2.75) is 32.0 Å². The number of nitrogens with zero attached hydrogens (tertiary/aromatic N) is 5. The molecule has 0 saturated carbocycles. The van der Waals surface area contributed by atoms with Gasteiger partial charge in [0.05, 0.1) is 18.3 Å². The summed E-state index contributed by atoms with van der Waals surface area (Å²) in [6.07, 6.45) is 2.38. The lowest BCUT2D eigenvalue weighted by Gasteiger charge is -2.09. The van der Waals surface area contributed by atoms with Crippen LogP contribution >= 0.6 is 0 Å². The first kappa shape index (κ1) is 16.2. The minimum Gasteiger partial charge on any atom is -0.339 e. The third-order valence-corrected chi connectivity index (χ3v) is 3.51. The molecule has 6 nitrogen and oxygen atoms in total. The Balaban J connectivity index is 1.63. The zero-order chi connectivity index (χ0) is 17.2. The molecule has 0 aliphatic heterocycles. The molecule has 0 radical (unpaired) electrons. The summed E-state index contributed by atoms with van der Waals surface area (Å²) in [5, 5.41) is 3.84. The van der Waals surface area contributed by atoms with Gasteiger partial charge < -0.3 is 9.09 Å². The first-order valence-electron chi connectivity index (χ1n) is 7.23. The molecule has 1 atom stereocenters. The van der Waals surface area contributed by atoms with E-state index in [0.29, 0.717) is 23.8 Å². The molecule has 0 aliphatic rings. The maximum Gasteiger partial charge on any atom is 0.417 e. The smallest absolute Gasteiger partial charge is 0.339 e. The lowest BCUT2D eigenvalue weighted by Crippen LogP contribution is -2.07. The largest absolute Gasteiger partial charge is 0.417 e. The van der Waals surface area contributed by atoms with E-state index in [-0.39, 0.29) is 12.5 Å². The van der Waals surface area contributed by atoms with Crippen molar-refractivity contribution >= 4 is 0 Å². The van der Waals surface area contributed by atoms with Crippen LogP contribution in [0.1, 0.15) is 35.9 Å². The van der Waals surface area contributed by atoms with Gasteiger partial charge in [-0.3, -0.25) is 4.98 Å². The van der Waals surface area contributed by atoms with Gasteiger partial charge >= 0.3 is 6.18 Å². The number of rotatable bonds is 5. The van der Waals surface area contributed by atoms with Gasteiger partial charge in [0.25, 0.3) is 0 Å². The number of alkyl halides is 3. The van der Waals surface area contributed by atoms with Crippen LogP contribution < -0.4 is 0 Å². The Morgan fingerprint density at radius 1 is 1.29 bits per heavy atom. The average molecular weight is 337 g/mol. The van der Waals surface area contributed by atoms with Crippen molar-refractivity contribution in [3.63, 3.8) is 0 Å². The predicted octanol–water partition coefficient (Wildman–Crippen LogP) is 3.07. The van der Waals surface area contributed by atoms with Crippen molar-refractivity contribution in [3.8, 4) is 0 Å². The minimum atomic E-state index is -4.39. The van der Waals surface area contributed by atoms with Gasteiger partial charge in [0.15, 0.2) is 5.82 Å². The van der Waals surface area contributed by atoms with Crippen molar-refractivity contribution in [1.29, 1.82) is 0 Å². The van der Waals surface area contributed by atoms with Crippen LogP contribution in [0.15, 0.2) is 41.6 Å². The molecule has 9 heteroatoms. The topological polar surface area (TPSA) is 69.6 Å². The molecular weight excluding hydrogens is 323 g/mol. The second-order valence-corrected chi connectivity index (χ2v) is 5.38. The van der Waals surface area contributed by atoms with E-state index in [0.717, 1.165) is 12.3 Å². The van der Waals surface area contributed by atoms with E-state index in [1.807, 2.05) is 17.7 Å². The molecule has 0 N–H and O–H groups in total. The molecule has 0 fully saturated rings. The normalized spacial score (nSPS) is 13.2. The molecule has 0 bridgehead atoms. The van der Waals surface area contributed by atoms with Crippen molar-refractivity contribution in [1.82, 2.24) is 24.7 Å². The molecule has 126 valence electrons. The maximum atomic E-state index is 12.5. The third kappa shape index (κ3) is 3.79. The van der Waals surface area contributed by atoms with Gasteiger partial charge in [0.2, 0.25) is 5.89 Å². The zero-order valence-electron chi connectivity index (χ0n) is 12.7. The fourth-order valence-corrected chi connectivity index (χ4v) is 2.19. The molecule has 3 aromatic heterocycles. The lowest BCUT2D eigenvalue weighted by atomic mass is 10.2. The number of aromatic nitrogens is 5. The summed E-state index contributed by atoms with van der Waals surface area (Å²) in [6.45, 7) is 1.99. The zero-order valence-corrected chi connectivity index (χ0v) is 12.7. The summed E-state index contributed by atoms with van der Waals surface area (Å²) < 4.78 is 44.6. The summed E-state index contributed by atoms with van der Waals surface area (Å²) in [5.74, 6) is 0.841. The fraction of sp³-hybridized carbons (Fsp3) is 0.333. The van der Waals surface area contributed by atoms with E-state index in [1.54, 1.807) is 12.5 Å². The monoisotopic (exact) mass is 337 g/mol. The van der Waals surface area contributed by atoms with Crippen LogP contribution in [0.25, 0.3) is 0 Å². The molecular formula is C15H14F3N5O. The van der Waals surface area contributed by atoms with E-state index in [4.69, 9.17) is 4.52 Å². The van der Waals surface area contributed by atoms with Gasteiger partial charge in [-0.05, 0) is 19.1 Å². The highest BCUT2D eigenvalue weighted by Gasteiger charge is 2.30. The van der Waals surface area contributed by atoms with Crippen molar-refractivity contribution in [2.24, 2.45) is 0 Å². The van der Waals surface area contributed by atoms with Crippen molar-refractivity contribution in [3.05, 3.63) is 60.0 Å². The summed E-state index contributed by atoms with van der Waals surface area (Å²) >= 11 is 0. The number of halogens is 3. The molecule has 24 heavy (non-hydrogen) atoms. The summed E-state index contributed by atoms with van der Waals surface area (Å²) in [4.78, 5) is 12.0. The lowest BCUT2D eigenvalue weighted by molar-refractivity contribution is -0.137. The maximum absolute atomic E-state index is 12.5. The first-order valence-corrected chi connectivity index (χ1v) is 7.23. The molecule has 3 rings (SSSR count). The van der Waals surface area contributed by atoms with Gasteiger partial charge in [-0.25, -0.2) is 4.98 Å². The van der Waals surface area contributed by atoms with Gasteiger partial charge in [0, 0.05) is 36.7 Å². The van der Waals surface area contributed by atoms with Gasteiger partial charge in [0.1, 0.15) is 0 Å². The Morgan fingerprint density at radius 3 is 2.75 bits per heavy atom. The van der Waals surface area contributed by atoms with E-state index in [9.17, 15) is 13.2 Å². The average Bonchev–Trinajstić information content (AvgIpc) is 3.19. The number of hydrogen-bond donors (Lipinski definition) is 0. The van der Waals surface area contributed by atoms with E-state index >= 15 is 0 Å². The highest BCUT2D eigenvalue weighted by atomic mass is 19.4. The summed E-state index contributed by atoms with van der Waals surface area (Å²) in [5.41, 5.74) is -0.341. The molecule has 0 aromatic carbocycles. The fourth-order valence-electron chi connectivity index (χ4n) is 2.19. The predicted molar refractivity (Wildman–Crippen MR) is 77.0 cm³/mol. The first-order chi connectivity index (χ1) is 11.4. The number of pyridine rings is 1. The molecule has 0 aliphatic carbocycles. The standard InChI is InChI=1S/C15H14F3N5O/c1-10(23-5-4-19-9-23)6-14-21-13(22-24-14)7-12-3-2-11(8-20-12)15(16,17)18/h2-5,8-10H,6-7H2,1H3. The Hall–Kier alpha value is -2.71. The molecule has 3 heterocycles.